The predicted octanol–water partition coefficient (Wildman–Crippen LogP) is 6.21. The number of nitrogens with zero attached hydrogens (tertiary/aromatic N) is 1. The van der Waals surface area contributed by atoms with Crippen molar-refractivity contribution in [2.45, 2.75) is 13.8 Å². The molecular formula is C24H23NO. The summed E-state index contributed by atoms with van der Waals surface area (Å²) < 4.78 is 0. The van der Waals surface area contributed by atoms with Gasteiger partial charge in [-0.3, -0.25) is 9.78 Å². The summed E-state index contributed by atoms with van der Waals surface area (Å²) in [5.74, 6) is -0.0913. The molecule has 130 valence electrons. The van der Waals surface area contributed by atoms with Gasteiger partial charge in [0.15, 0.2) is 5.78 Å². The third-order valence-electron chi connectivity index (χ3n) is 4.03. The molecule has 0 aliphatic heterocycles. The minimum atomic E-state index is -0.0913. The fourth-order valence-corrected chi connectivity index (χ4v) is 2.56. The van der Waals surface area contributed by atoms with E-state index < -0.39 is 0 Å². The first-order valence-corrected chi connectivity index (χ1v) is 8.38. The van der Waals surface area contributed by atoms with Crippen molar-refractivity contribution in [2.24, 2.45) is 0 Å². The Morgan fingerprint density at radius 1 is 1.00 bits per heavy atom. The van der Waals surface area contributed by atoms with Crippen molar-refractivity contribution in [1.29, 1.82) is 0 Å². The second kappa shape index (κ2) is 8.72. The monoisotopic (exact) mass is 341 g/mol. The maximum atomic E-state index is 13.3. The number of hydrogen-bond acceptors (Lipinski definition) is 2. The zero-order valence-corrected chi connectivity index (χ0v) is 15.3. The van der Waals surface area contributed by atoms with Gasteiger partial charge in [0.05, 0.1) is 5.69 Å². The van der Waals surface area contributed by atoms with E-state index in [9.17, 15) is 4.79 Å². The molecule has 0 N–H and O–H groups in total. The van der Waals surface area contributed by atoms with Gasteiger partial charge in [-0.05, 0) is 43.2 Å². The molecule has 0 radical (unpaired) electrons. The van der Waals surface area contributed by atoms with E-state index in [1.165, 1.54) is 0 Å². The lowest BCUT2D eigenvalue weighted by Crippen LogP contribution is -2.08. The largest absolute Gasteiger partial charge is 0.289 e. The van der Waals surface area contributed by atoms with Gasteiger partial charge in [0.2, 0.25) is 0 Å². The lowest BCUT2D eigenvalue weighted by molar-refractivity contribution is 0.103. The van der Waals surface area contributed by atoms with Crippen LogP contribution in [0.3, 0.4) is 0 Å². The van der Waals surface area contributed by atoms with Gasteiger partial charge in [-0.15, -0.1) is 0 Å². The molecule has 0 spiro atoms. The molecule has 0 fully saturated rings. The minimum absolute atomic E-state index is 0.0913. The number of carbonyl (C=O) groups excluding carboxylic acids is 1. The highest BCUT2D eigenvalue weighted by Crippen LogP contribution is 2.25. The van der Waals surface area contributed by atoms with E-state index >= 15 is 0 Å². The average molecular weight is 341 g/mol. The number of carbonyl (C=O) groups is 1. The number of Topliss-reactive ketones (excluding diaryl/α,β-unsaturated/α-hetero) is 1. The molecule has 0 aliphatic carbocycles. The first-order chi connectivity index (χ1) is 12.5. The van der Waals surface area contributed by atoms with E-state index in [1.807, 2.05) is 50.2 Å². The van der Waals surface area contributed by atoms with Crippen molar-refractivity contribution < 1.29 is 4.79 Å². The van der Waals surface area contributed by atoms with Crippen LogP contribution >= 0.6 is 0 Å². The lowest BCUT2D eigenvalue weighted by Gasteiger charge is -2.11. The van der Waals surface area contributed by atoms with E-state index in [1.54, 1.807) is 30.5 Å². The molecule has 0 amide bonds. The molecule has 0 unspecified atom stereocenters. The third-order valence-corrected chi connectivity index (χ3v) is 4.03. The van der Waals surface area contributed by atoms with Gasteiger partial charge in [-0.1, -0.05) is 67.8 Å². The van der Waals surface area contributed by atoms with Gasteiger partial charge in [0.1, 0.15) is 0 Å². The van der Waals surface area contributed by atoms with Gasteiger partial charge < -0.3 is 0 Å². The minimum Gasteiger partial charge on any atom is -0.289 e. The van der Waals surface area contributed by atoms with Crippen molar-refractivity contribution in [1.82, 2.24) is 4.98 Å². The topological polar surface area (TPSA) is 30.0 Å². The van der Waals surface area contributed by atoms with Gasteiger partial charge in [0, 0.05) is 22.9 Å². The summed E-state index contributed by atoms with van der Waals surface area (Å²) in [5, 5.41) is 0. The summed E-state index contributed by atoms with van der Waals surface area (Å²) in [4.78, 5) is 17.7. The molecule has 1 aromatic heterocycles. The normalized spacial score (nSPS) is 9.77. The molecule has 0 bridgehead atoms. The van der Waals surface area contributed by atoms with Gasteiger partial charge in [0.25, 0.3) is 0 Å². The van der Waals surface area contributed by atoms with Crippen LogP contribution in [0.5, 0.6) is 0 Å². The van der Waals surface area contributed by atoms with Crippen LogP contribution < -0.4 is 0 Å². The molecular weight excluding hydrogens is 318 g/mol. The van der Waals surface area contributed by atoms with Crippen molar-refractivity contribution in [2.75, 3.05) is 0 Å². The Morgan fingerprint density at radius 3 is 2.19 bits per heavy atom. The summed E-state index contributed by atoms with van der Waals surface area (Å²) in [6.07, 6.45) is 8.53. The van der Waals surface area contributed by atoms with Gasteiger partial charge in [-0.2, -0.15) is 0 Å². The highest BCUT2D eigenvalue weighted by Gasteiger charge is 2.17. The summed E-state index contributed by atoms with van der Waals surface area (Å²) in [6, 6.07) is 11.7. The quantitative estimate of drug-likeness (QED) is 0.340. The van der Waals surface area contributed by atoms with Crippen molar-refractivity contribution in [3.63, 3.8) is 0 Å². The van der Waals surface area contributed by atoms with Crippen LogP contribution in [-0.4, -0.2) is 10.8 Å². The lowest BCUT2D eigenvalue weighted by atomic mass is 9.94. The molecule has 0 saturated carbocycles. The van der Waals surface area contributed by atoms with E-state index in [2.05, 4.69) is 24.7 Å². The molecule has 26 heavy (non-hydrogen) atoms. The Labute approximate surface area is 155 Å². The first-order valence-electron chi connectivity index (χ1n) is 8.38. The molecule has 1 aromatic carbocycles. The van der Waals surface area contributed by atoms with Crippen molar-refractivity contribution in [3.8, 4) is 11.1 Å². The molecule has 1 heterocycles. The standard InChI is InChI=1S/C24H23NO/c1-6-18(7-2)14-21(17(4)5)24(26)22-15-20(16-25-23(22)8-3)19-12-10-9-11-13-19/h6-16H,1-3H2,4-5H3. The molecule has 2 aromatic rings. The highest BCUT2D eigenvalue weighted by atomic mass is 16.1. The van der Waals surface area contributed by atoms with Gasteiger partial charge in [-0.25, -0.2) is 0 Å². The summed E-state index contributed by atoms with van der Waals surface area (Å²) in [6.45, 7) is 15.1. The number of pyridine rings is 1. The number of ketones is 1. The van der Waals surface area contributed by atoms with Crippen LogP contribution in [0.15, 0.2) is 97.3 Å². The Hall–Kier alpha value is -3.26. The molecule has 2 nitrogen and oxygen atoms in total. The second-order valence-corrected chi connectivity index (χ2v) is 6.02. The zero-order valence-electron chi connectivity index (χ0n) is 15.3. The summed E-state index contributed by atoms with van der Waals surface area (Å²) in [7, 11) is 0. The number of benzene rings is 1. The Kier molecular flexibility index (Phi) is 6.40. The Morgan fingerprint density at radius 2 is 1.65 bits per heavy atom. The van der Waals surface area contributed by atoms with Crippen molar-refractivity contribution >= 4 is 11.9 Å². The molecule has 0 aliphatic rings. The fourth-order valence-electron chi connectivity index (χ4n) is 2.56. The van der Waals surface area contributed by atoms with E-state index in [0.717, 1.165) is 22.3 Å². The maximum Gasteiger partial charge on any atom is 0.195 e. The van der Waals surface area contributed by atoms with Gasteiger partial charge >= 0.3 is 0 Å². The highest BCUT2D eigenvalue weighted by molar-refractivity contribution is 6.13. The molecule has 0 saturated heterocycles. The number of hydrogen-bond donors (Lipinski definition) is 0. The van der Waals surface area contributed by atoms with Crippen LogP contribution in [0.1, 0.15) is 29.9 Å². The Balaban J connectivity index is 2.61. The molecule has 0 atom stereocenters. The first kappa shape index (κ1) is 19.1. The molecule has 2 rings (SSSR count). The number of aromatic nitrogens is 1. The number of rotatable bonds is 7. The Bertz CT molecular complexity index is 900. The number of allylic oxidation sites excluding steroid dienone is 6. The van der Waals surface area contributed by atoms with E-state index in [4.69, 9.17) is 0 Å². The van der Waals surface area contributed by atoms with Crippen LogP contribution in [0, 0.1) is 0 Å². The predicted molar refractivity (Wildman–Crippen MR) is 111 cm³/mol. The van der Waals surface area contributed by atoms with Crippen molar-refractivity contribution in [3.05, 3.63) is 109 Å². The SMILES string of the molecule is C=CC(C=C)=CC(C(=O)c1cc(-c2ccccc2)cnc1C=C)=C(C)C. The van der Waals surface area contributed by atoms with Crippen LogP contribution in [0.4, 0.5) is 0 Å². The molecule has 2 heteroatoms. The van der Waals surface area contributed by atoms with E-state index in [0.29, 0.717) is 16.8 Å². The zero-order chi connectivity index (χ0) is 19.1. The smallest absolute Gasteiger partial charge is 0.195 e. The second-order valence-electron chi connectivity index (χ2n) is 6.02. The van der Waals surface area contributed by atoms with Crippen LogP contribution in [0.25, 0.3) is 17.2 Å². The fraction of sp³-hybridized carbons (Fsp3) is 0.0833. The third kappa shape index (κ3) is 4.22. The van der Waals surface area contributed by atoms with E-state index in [-0.39, 0.29) is 5.78 Å². The summed E-state index contributed by atoms with van der Waals surface area (Å²) in [5.41, 5.74) is 5.32. The van der Waals surface area contributed by atoms with Crippen LogP contribution in [-0.2, 0) is 0 Å². The maximum absolute atomic E-state index is 13.3. The van der Waals surface area contributed by atoms with Crippen LogP contribution in [0.2, 0.25) is 0 Å². The summed E-state index contributed by atoms with van der Waals surface area (Å²) >= 11 is 0. The average Bonchev–Trinajstić information content (AvgIpc) is 2.68.